The van der Waals surface area contributed by atoms with Crippen LogP contribution in [0.15, 0.2) is 54.6 Å². The van der Waals surface area contributed by atoms with Crippen molar-refractivity contribution in [2.75, 3.05) is 11.9 Å². The third-order valence-corrected chi connectivity index (χ3v) is 2.96. The first-order valence-corrected chi connectivity index (χ1v) is 6.54. The van der Waals surface area contributed by atoms with Gasteiger partial charge in [-0.3, -0.25) is 0 Å². The average molecular weight is 272 g/mol. The van der Waals surface area contributed by atoms with Gasteiger partial charge >= 0.3 is 6.03 Å². The van der Waals surface area contributed by atoms with Gasteiger partial charge in [-0.15, -0.1) is 0 Å². The molecule has 2 aromatic rings. The number of hydrogen-bond donors (Lipinski definition) is 1. The van der Waals surface area contributed by atoms with Crippen molar-refractivity contribution in [3.8, 4) is 0 Å². The molecule has 0 spiro atoms. The maximum absolute atomic E-state index is 13.2. The summed E-state index contributed by atoms with van der Waals surface area (Å²) in [5, 5.41) is 2.82. The Kier molecular flexibility index (Phi) is 4.71. The molecule has 2 amide bonds. The van der Waals surface area contributed by atoms with Gasteiger partial charge in [0.2, 0.25) is 0 Å². The van der Waals surface area contributed by atoms with Gasteiger partial charge < -0.3 is 10.2 Å². The predicted octanol–water partition coefficient (Wildman–Crippen LogP) is 3.88. The number of urea groups is 1. The van der Waals surface area contributed by atoms with Crippen LogP contribution >= 0.6 is 0 Å². The zero-order valence-electron chi connectivity index (χ0n) is 11.3. The lowest BCUT2D eigenvalue weighted by Crippen LogP contribution is -2.34. The van der Waals surface area contributed by atoms with E-state index >= 15 is 0 Å². The van der Waals surface area contributed by atoms with E-state index in [1.54, 1.807) is 11.0 Å². The van der Waals surface area contributed by atoms with Crippen LogP contribution in [-0.2, 0) is 6.54 Å². The van der Waals surface area contributed by atoms with Crippen LogP contribution in [0.4, 0.5) is 14.9 Å². The number of para-hydroxylation sites is 1. The summed E-state index contributed by atoms with van der Waals surface area (Å²) >= 11 is 0. The van der Waals surface area contributed by atoms with Gasteiger partial charge in [0.05, 0.1) is 0 Å². The highest BCUT2D eigenvalue weighted by Crippen LogP contribution is 2.10. The summed E-state index contributed by atoms with van der Waals surface area (Å²) in [7, 11) is 0. The molecule has 3 nitrogen and oxygen atoms in total. The number of nitrogens with one attached hydrogen (secondary N) is 1. The Morgan fingerprint density at radius 2 is 1.90 bits per heavy atom. The van der Waals surface area contributed by atoms with Gasteiger partial charge in [-0.2, -0.15) is 0 Å². The Morgan fingerprint density at radius 1 is 1.15 bits per heavy atom. The molecule has 0 aliphatic carbocycles. The SMILES string of the molecule is CCN(Cc1cccc(F)c1)C(=O)Nc1ccccc1. The molecule has 0 unspecified atom stereocenters. The van der Waals surface area contributed by atoms with E-state index in [2.05, 4.69) is 5.32 Å². The molecule has 0 saturated carbocycles. The van der Waals surface area contributed by atoms with Gasteiger partial charge in [0.25, 0.3) is 0 Å². The molecule has 0 aliphatic heterocycles. The lowest BCUT2D eigenvalue weighted by molar-refractivity contribution is 0.212. The number of carbonyl (C=O) groups is 1. The molecule has 0 radical (unpaired) electrons. The van der Waals surface area contributed by atoms with Crippen LogP contribution in [0.3, 0.4) is 0 Å². The topological polar surface area (TPSA) is 32.3 Å². The molecule has 104 valence electrons. The standard InChI is InChI=1S/C16H17FN2O/c1-2-19(12-13-7-6-8-14(17)11-13)16(20)18-15-9-4-3-5-10-15/h3-11H,2,12H2,1H3,(H,18,20). The van der Waals surface area contributed by atoms with Crippen molar-refractivity contribution in [1.29, 1.82) is 0 Å². The number of hydrogen-bond acceptors (Lipinski definition) is 1. The maximum atomic E-state index is 13.2. The van der Waals surface area contributed by atoms with Gasteiger partial charge in [0.15, 0.2) is 0 Å². The van der Waals surface area contributed by atoms with E-state index in [1.165, 1.54) is 12.1 Å². The Bertz CT molecular complexity index is 572. The predicted molar refractivity (Wildman–Crippen MR) is 77.9 cm³/mol. The number of amides is 2. The van der Waals surface area contributed by atoms with Crippen molar-refractivity contribution in [1.82, 2.24) is 4.90 Å². The summed E-state index contributed by atoms with van der Waals surface area (Å²) in [6.07, 6.45) is 0. The highest BCUT2D eigenvalue weighted by atomic mass is 19.1. The van der Waals surface area contributed by atoms with Gasteiger partial charge in [0, 0.05) is 18.8 Å². The second kappa shape index (κ2) is 6.70. The molecule has 0 aromatic heterocycles. The molecule has 4 heteroatoms. The minimum absolute atomic E-state index is 0.192. The molecular weight excluding hydrogens is 255 g/mol. The fourth-order valence-electron chi connectivity index (χ4n) is 1.91. The van der Waals surface area contributed by atoms with E-state index in [1.807, 2.05) is 43.3 Å². The van der Waals surface area contributed by atoms with E-state index in [4.69, 9.17) is 0 Å². The van der Waals surface area contributed by atoms with Crippen LogP contribution < -0.4 is 5.32 Å². The Labute approximate surface area is 118 Å². The maximum Gasteiger partial charge on any atom is 0.322 e. The third-order valence-electron chi connectivity index (χ3n) is 2.96. The van der Waals surface area contributed by atoms with Crippen molar-refractivity contribution < 1.29 is 9.18 Å². The molecule has 0 aliphatic rings. The van der Waals surface area contributed by atoms with Crippen LogP contribution in [0, 0.1) is 5.82 Å². The van der Waals surface area contributed by atoms with E-state index in [0.717, 1.165) is 11.3 Å². The number of halogens is 1. The number of nitrogens with zero attached hydrogens (tertiary/aromatic N) is 1. The van der Waals surface area contributed by atoms with E-state index in [0.29, 0.717) is 13.1 Å². The lowest BCUT2D eigenvalue weighted by atomic mass is 10.2. The average Bonchev–Trinajstić information content (AvgIpc) is 2.46. The number of benzene rings is 2. The van der Waals surface area contributed by atoms with Crippen molar-refractivity contribution in [3.05, 3.63) is 66.0 Å². The Hall–Kier alpha value is -2.36. The van der Waals surface area contributed by atoms with Gasteiger partial charge in [-0.1, -0.05) is 30.3 Å². The lowest BCUT2D eigenvalue weighted by Gasteiger charge is -2.21. The van der Waals surface area contributed by atoms with Crippen molar-refractivity contribution in [3.63, 3.8) is 0 Å². The number of carbonyl (C=O) groups excluding carboxylic acids is 1. The van der Waals surface area contributed by atoms with Gasteiger partial charge in [-0.25, -0.2) is 9.18 Å². The number of rotatable bonds is 4. The Morgan fingerprint density at radius 3 is 2.55 bits per heavy atom. The second-order valence-corrected chi connectivity index (χ2v) is 4.44. The fraction of sp³-hybridized carbons (Fsp3) is 0.188. The highest BCUT2D eigenvalue weighted by Gasteiger charge is 2.12. The molecule has 0 atom stereocenters. The molecule has 2 rings (SSSR count). The van der Waals surface area contributed by atoms with E-state index in [9.17, 15) is 9.18 Å². The first kappa shape index (κ1) is 14.1. The first-order valence-electron chi connectivity index (χ1n) is 6.54. The zero-order valence-corrected chi connectivity index (χ0v) is 11.3. The first-order chi connectivity index (χ1) is 9.69. The molecule has 0 fully saturated rings. The Balaban J connectivity index is 2.02. The van der Waals surface area contributed by atoms with Crippen LogP contribution in [0.1, 0.15) is 12.5 Å². The van der Waals surface area contributed by atoms with Crippen LogP contribution in [0.5, 0.6) is 0 Å². The zero-order chi connectivity index (χ0) is 14.4. The fourth-order valence-corrected chi connectivity index (χ4v) is 1.91. The molecule has 0 heterocycles. The van der Waals surface area contributed by atoms with E-state index in [-0.39, 0.29) is 11.8 Å². The molecule has 2 aromatic carbocycles. The molecular formula is C16H17FN2O. The minimum atomic E-state index is -0.290. The highest BCUT2D eigenvalue weighted by molar-refractivity contribution is 5.89. The summed E-state index contributed by atoms with van der Waals surface area (Å²) in [6, 6.07) is 15.4. The summed E-state index contributed by atoms with van der Waals surface area (Å²) in [5.74, 6) is -0.290. The monoisotopic (exact) mass is 272 g/mol. The van der Waals surface area contributed by atoms with Gasteiger partial charge in [-0.05, 0) is 36.8 Å². The smallest absolute Gasteiger partial charge is 0.320 e. The molecule has 1 N–H and O–H groups in total. The number of anilines is 1. The third kappa shape index (κ3) is 3.82. The molecule has 0 saturated heterocycles. The largest absolute Gasteiger partial charge is 0.322 e. The minimum Gasteiger partial charge on any atom is -0.320 e. The van der Waals surface area contributed by atoms with Crippen LogP contribution in [-0.4, -0.2) is 17.5 Å². The van der Waals surface area contributed by atoms with Crippen molar-refractivity contribution >= 4 is 11.7 Å². The summed E-state index contributed by atoms with van der Waals surface area (Å²) < 4.78 is 13.2. The van der Waals surface area contributed by atoms with Crippen molar-refractivity contribution in [2.45, 2.75) is 13.5 Å². The van der Waals surface area contributed by atoms with Crippen LogP contribution in [0.2, 0.25) is 0 Å². The summed E-state index contributed by atoms with van der Waals surface area (Å²) in [6.45, 7) is 2.83. The van der Waals surface area contributed by atoms with Crippen LogP contribution in [0.25, 0.3) is 0 Å². The van der Waals surface area contributed by atoms with E-state index < -0.39 is 0 Å². The van der Waals surface area contributed by atoms with Crippen molar-refractivity contribution in [2.24, 2.45) is 0 Å². The second-order valence-electron chi connectivity index (χ2n) is 4.44. The van der Waals surface area contributed by atoms with Gasteiger partial charge in [0.1, 0.15) is 5.82 Å². The molecule has 20 heavy (non-hydrogen) atoms. The normalized spacial score (nSPS) is 10.1. The summed E-state index contributed by atoms with van der Waals surface area (Å²) in [4.78, 5) is 13.8. The quantitative estimate of drug-likeness (QED) is 0.900. The summed E-state index contributed by atoms with van der Waals surface area (Å²) in [5.41, 5.74) is 1.52. The molecule has 0 bridgehead atoms.